The van der Waals surface area contributed by atoms with Gasteiger partial charge in [-0.05, 0) is 59.8 Å². The van der Waals surface area contributed by atoms with Crippen molar-refractivity contribution in [3.05, 3.63) is 11.8 Å². The lowest BCUT2D eigenvalue weighted by molar-refractivity contribution is 0.0785. The van der Waals surface area contributed by atoms with Gasteiger partial charge in [0, 0.05) is 17.3 Å². The molecule has 2 rings (SSSR count). The van der Waals surface area contributed by atoms with Crippen LogP contribution in [0.2, 0.25) is 0 Å². The molecule has 0 saturated heterocycles. The van der Waals surface area contributed by atoms with Crippen LogP contribution in [0.25, 0.3) is 0 Å². The van der Waals surface area contributed by atoms with Crippen LogP contribution in [0.3, 0.4) is 0 Å². The number of carbonyl (C=O) groups is 1. The van der Waals surface area contributed by atoms with Crippen LogP contribution >= 0.6 is 0 Å². The molecule has 1 amide bonds. The number of nitrogens with two attached hydrogens (primary N) is 1. The Morgan fingerprint density at radius 2 is 1.92 bits per heavy atom. The molecule has 1 aromatic heterocycles. The summed E-state index contributed by atoms with van der Waals surface area (Å²) in [6, 6.07) is 0. The van der Waals surface area contributed by atoms with Crippen LogP contribution < -0.4 is 16.4 Å². The highest BCUT2D eigenvalue weighted by Crippen LogP contribution is 2.40. The predicted molar refractivity (Wildman–Crippen MR) is 98.6 cm³/mol. The normalized spacial score (nSPS) is 27.0. The molecule has 1 fully saturated rings. The zero-order valence-corrected chi connectivity index (χ0v) is 15.9. The third-order valence-corrected chi connectivity index (χ3v) is 4.84. The van der Waals surface area contributed by atoms with Crippen LogP contribution in [0, 0.1) is 0 Å². The maximum absolute atomic E-state index is 14.5. The number of amides is 1. The standard InChI is InChI=1S/C18H30FN5O/c1-6-18(19)9-7-17(5,8-10-18)24-15-21-11-12(13(20)25)14(22-15)23-16(2,3)4/h11H,6-10H2,1-5H3,(H2,20,25)(H2,21,22,23,24). The Labute approximate surface area is 149 Å². The van der Waals surface area contributed by atoms with E-state index in [4.69, 9.17) is 5.73 Å². The van der Waals surface area contributed by atoms with Gasteiger partial charge in [0.25, 0.3) is 5.91 Å². The van der Waals surface area contributed by atoms with Crippen LogP contribution in [0.1, 0.15) is 77.1 Å². The second-order valence-electron chi connectivity index (χ2n) is 8.39. The Kier molecular flexibility index (Phi) is 5.25. The maximum Gasteiger partial charge on any atom is 0.254 e. The van der Waals surface area contributed by atoms with E-state index in [0.29, 0.717) is 43.9 Å². The molecule has 0 aromatic carbocycles. The molecule has 0 spiro atoms. The maximum atomic E-state index is 14.5. The van der Waals surface area contributed by atoms with Gasteiger partial charge < -0.3 is 16.4 Å². The first kappa shape index (κ1) is 19.4. The molecule has 0 unspecified atom stereocenters. The van der Waals surface area contributed by atoms with Gasteiger partial charge >= 0.3 is 0 Å². The molecule has 1 saturated carbocycles. The summed E-state index contributed by atoms with van der Waals surface area (Å²) in [4.78, 5) is 20.3. The van der Waals surface area contributed by atoms with Crippen LogP contribution in [0.4, 0.5) is 16.2 Å². The van der Waals surface area contributed by atoms with E-state index in [0.717, 1.165) is 0 Å². The van der Waals surface area contributed by atoms with E-state index in [1.54, 1.807) is 0 Å². The Hall–Kier alpha value is -1.92. The van der Waals surface area contributed by atoms with Gasteiger partial charge in [-0.1, -0.05) is 6.92 Å². The lowest BCUT2D eigenvalue weighted by Crippen LogP contribution is -2.44. The van der Waals surface area contributed by atoms with E-state index in [1.165, 1.54) is 6.20 Å². The van der Waals surface area contributed by atoms with E-state index < -0.39 is 11.6 Å². The van der Waals surface area contributed by atoms with Gasteiger partial charge in [0.15, 0.2) is 0 Å². The van der Waals surface area contributed by atoms with E-state index in [9.17, 15) is 9.18 Å². The Balaban J connectivity index is 2.20. The molecule has 1 aliphatic rings. The topological polar surface area (TPSA) is 92.9 Å². The number of aromatic nitrogens is 2. The summed E-state index contributed by atoms with van der Waals surface area (Å²) in [5.74, 6) is 0.250. The minimum atomic E-state index is -1.06. The molecule has 0 aliphatic heterocycles. The van der Waals surface area contributed by atoms with Crippen molar-refractivity contribution in [1.82, 2.24) is 9.97 Å². The molecule has 1 heterocycles. The summed E-state index contributed by atoms with van der Waals surface area (Å²) in [5, 5.41) is 6.52. The third-order valence-electron chi connectivity index (χ3n) is 4.84. The minimum absolute atomic E-state index is 0.253. The van der Waals surface area contributed by atoms with Gasteiger partial charge in [-0.25, -0.2) is 9.37 Å². The Morgan fingerprint density at radius 1 is 1.32 bits per heavy atom. The summed E-state index contributed by atoms with van der Waals surface area (Å²) < 4.78 is 14.5. The number of halogens is 1. The van der Waals surface area contributed by atoms with Gasteiger partial charge in [0.1, 0.15) is 11.5 Å². The zero-order valence-electron chi connectivity index (χ0n) is 15.9. The van der Waals surface area contributed by atoms with Crippen LogP contribution in [0.15, 0.2) is 6.20 Å². The van der Waals surface area contributed by atoms with Crippen molar-refractivity contribution in [1.29, 1.82) is 0 Å². The number of hydrogen-bond acceptors (Lipinski definition) is 5. The number of hydrogen-bond donors (Lipinski definition) is 3. The molecule has 6 nitrogen and oxygen atoms in total. The SMILES string of the molecule is CCC1(F)CCC(C)(Nc2ncc(C(N)=O)c(NC(C)(C)C)n2)CC1. The fourth-order valence-electron chi connectivity index (χ4n) is 3.07. The Bertz CT molecular complexity index is 633. The molecule has 0 atom stereocenters. The molecule has 25 heavy (non-hydrogen) atoms. The average molecular weight is 351 g/mol. The molecular weight excluding hydrogens is 321 g/mol. The summed E-state index contributed by atoms with van der Waals surface area (Å²) in [5.41, 5.74) is 4.07. The second-order valence-corrected chi connectivity index (χ2v) is 8.39. The van der Waals surface area contributed by atoms with E-state index in [2.05, 4.69) is 27.5 Å². The van der Waals surface area contributed by atoms with Crippen molar-refractivity contribution >= 4 is 17.7 Å². The summed E-state index contributed by atoms with van der Waals surface area (Å²) in [7, 11) is 0. The summed E-state index contributed by atoms with van der Waals surface area (Å²) in [6.07, 6.45) is 4.45. The van der Waals surface area contributed by atoms with Crippen molar-refractivity contribution in [2.24, 2.45) is 5.73 Å². The highest BCUT2D eigenvalue weighted by molar-refractivity contribution is 5.97. The lowest BCUT2D eigenvalue weighted by atomic mass is 9.75. The van der Waals surface area contributed by atoms with Gasteiger partial charge in [-0.3, -0.25) is 4.79 Å². The number of nitrogens with zero attached hydrogens (tertiary/aromatic N) is 2. The number of carbonyl (C=O) groups excluding carboxylic acids is 1. The first-order chi connectivity index (χ1) is 11.5. The predicted octanol–water partition coefficient (Wildman–Crippen LogP) is 3.65. The molecule has 1 aromatic rings. The van der Waals surface area contributed by atoms with Crippen LogP contribution in [-0.2, 0) is 0 Å². The molecule has 1 aliphatic carbocycles. The number of alkyl halides is 1. The third kappa shape index (κ3) is 5.03. The highest BCUT2D eigenvalue weighted by Gasteiger charge is 2.39. The smallest absolute Gasteiger partial charge is 0.254 e. The van der Waals surface area contributed by atoms with Crippen molar-refractivity contribution in [2.75, 3.05) is 10.6 Å². The number of primary amides is 1. The quantitative estimate of drug-likeness (QED) is 0.753. The zero-order chi connectivity index (χ0) is 18.9. The average Bonchev–Trinajstić information content (AvgIpc) is 2.49. The lowest BCUT2D eigenvalue weighted by Gasteiger charge is -2.41. The van der Waals surface area contributed by atoms with Gasteiger partial charge in [0.05, 0.1) is 5.56 Å². The van der Waals surface area contributed by atoms with Crippen molar-refractivity contribution in [2.45, 2.75) is 83.5 Å². The molecular formula is C18H30FN5O. The van der Waals surface area contributed by atoms with Crippen molar-refractivity contribution < 1.29 is 9.18 Å². The fraction of sp³-hybridized carbons (Fsp3) is 0.722. The molecule has 0 bridgehead atoms. The second kappa shape index (κ2) is 6.77. The first-order valence-corrected chi connectivity index (χ1v) is 8.87. The number of nitrogens with one attached hydrogen (secondary N) is 2. The molecule has 4 N–H and O–H groups in total. The van der Waals surface area contributed by atoms with Crippen molar-refractivity contribution in [3.63, 3.8) is 0 Å². The summed E-state index contributed by atoms with van der Waals surface area (Å²) in [6.45, 7) is 9.87. The van der Waals surface area contributed by atoms with Gasteiger partial charge in [-0.2, -0.15) is 4.98 Å². The summed E-state index contributed by atoms with van der Waals surface area (Å²) >= 11 is 0. The van der Waals surface area contributed by atoms with Gasteiger partial charge in [-0.15, -0.1) is 0 Å². The highest BCUT2D eigenvalue weighted by atomic mass is 19.1. The Morgan fingerprint density at radius 3 is 2.40 bits per heavy atom. The largest absolute Gasteiger partial charge is 0.365 e. The van der Waals surface area contributed by atoms with Crippen LogP contribution in [0.5, 0.6) is 0 Å². The monoisotopic (exact) mass is 351 g/mol. The van der Waals surface area contributed by atoms with Gasteiger partial charge in [0.2, 0.25) is 5.95 Å². The van der Waals surface area contributed by atoms with Crippen molar-refractivity contribution in [3.8, 4) is 0 Å². The van der Waals surface area contributed by atoms with E-state index >= 15 is 0 Å². The van der Waals surface area contributed by atoms with E-state index in [-0.39, 0.29) is 16.6 Å². The molecule has 140 valence electrons. The minimum Gasteiger partial charge on any atom is -0.365 e. The van der Waals surface area contributed by atoms with E-state index in [1.807, 2.05) is 27.7 Å². The fourth-order valence-corrected chi connectivity index (χ4v) is 3.07. The first-order valence-electron chi connectivity index (χ1n) is 8.87. The van der Waals surface area contributed by atoms with Crippen LogP contribution in [-0.4, -0.2) is 32.6 Å². The number of rotatable bonds is 5. The number of anilines is 2. The molecule has 0 radical (unpaired) electrons. The molecule has 7 heteroatoms.